The first kappa shape index (κ1) is 11.8. The van der Waals surface area contributed by atoms with E-state index in [-0.39, 0.29) is 5.91 Å². The molecule has 1 saturated carbocycles. The van der Waals surface area contributed by atoms with Crippen LogP contribution in [-0.4, -0.2) is 21.4 Å². The van der Waals surface area contributed by atoms with E-state index in [0.717, 1.165) is 18.4 Å². The Hall–Kier alpha value is -2.27. The summed E-state index contributed by atoms with van der Waals surface area (Å²) in [6.45, 7) is 0. The van der Waals surface area contributed by atoms with Gasteiger partial charge in [0.25, 0.3) is 0 Å². The van der Waals surface area contributed by atoms with Crippen molar-refractivity contribution in [1.29, 1.82) is 0 Å². The minimum atomic E-state index is -0.682. The van der Waals surface area contributed by atoms with Crippen molar-refractivity contribution in [3.8, 4) is 11.4 Å². The summed E-state index contributed by atoms with van der Waals surface area (Å²) < 4.78 is 0. The fourth-order valence-corrected chi connectivity index (χ4v) is 1.75. The maximum absolute atomic E-state index is 11.8. The van der Waals surface area contributed by atoms with Crippen LogP contribution in [0.15, 0.2) is 42.7 Å². The monoisotopic (exact) mass is 254 g/mol. The van der Waals surface area contributed by atoms with Gasteiger partial charge in [0.2, 0.25) is 5.91 Å². The van der Waals surface area contributed by atoms with Crippen LogP contribution in [0.3, 0.4) is 0 Å². The number of nitrogens with two attached hydrogens (primary N) is 1. The Morgan fingerprint density at radius 3 is 2.37 bits per heavy atom. The highest BCUT2D eigenvalue weighted by Crippen LogP contribution is 2.33. The van der Waals surface area contributed by atoms with E-state index in [1.807, 2.05) is 30.3 Å². The summed E-state index contributed by atoms with van der Waals surface area (Å²) >= 11 is 0. The van der Waals surface area contributed by atoms with Gasteiger partial charge in [-0.15, -0.1) is 0 Å². The fraction of sp³-hybridized carbons (Fsp3) is 0.214. The number of aromatic nitrogens is 2. The lowest BCUT2D eigenvalue weighted by atomic mass is 10.2. The molecule has 2 aromatic rings. The minimum Gasteiger partial charge on any atom is -0.322 e. The molecular weight excluding hydrogens is 240 g/mol. The smallest absolute Gasteiger partial charge is 0.244 e. The van der Waals surface area contributed by atoms with E-state index in [2.05, 4.69) is 15.3 Å². The molecule has 0 bridgehead atoms. The molecule has 1 heterocycles. The molecule has 0 saturated heterocycles. The molecule has 3 rings (SSSR count). The number of nitrogens with one attached hydrogen (secondary N) is 1. The van der Waals surface area contributed by atoms with Gasteiger partial charge in [-0.1, -0.05) is 30.3 Å². The maximum Gasteiger partial charge on any atom is 0.244 e. The third-order valence-electron chi connectivity index (χ3n) is 3.18. The number of hydrogen-bond acceptors (Lipinski definition) is 4. The molecule has 19 heavy (non-hydrogen) atoms. The Morgan fingerprint density at radius 1 is 1.16 bits per heavy atom. The van der Waals surface area contributed by atoms with E-state index in [1.165, 1.54) is 0 Å². The van der Waals surface area contributed by atoms with E-state index < -0.39 is 5.54 Å². The lowest BCUT2D eigenvalue weighted by Crippen LogP contribution is -2.37. The van der Waals surface area contributed by atoms with Crippen molar-refractivity contribution in [1.82, 2.24) is 9.97 Å². The topological polar surface area (TPSA) is 80.9 Å². The summed E-state index contributed by atoms with van der Waals surface area (Å²) in [6, 6.07) is 9.67. The number of nitrogens with zero attached hydrogens (tertiary/aromatic N) is 2. The van der Waals surface area contributed by atoms with Crippen molar-refractivity contribution < 1.29 is 4.79 Å². The molecule has 1 fully saturated rings. The summed E-state index contributed by atoms with van der Waals surface area (Å²) in [5.74, 6) is 0.469. The van der Waals surface area contributed by atoms with Crippen LogP contribution < -0.4 is 11.1 Å². The van der Waals surface area contributed by atoms with Crippen molar-refractivity contribution in [2.24, 2.45) is 5.73 Å². The highest BCUT2D eigenvalue weighted by molar-refractivity contribution is 5.99. The van der Waals surface area contributed by atoms with Gasteiger partial charge in [0.05, 0.1) is 23.6 Å². The quantitative estimate of drug-likeness (QED) is 0.871. The molecule has 1 amide bonds. The van der Waals surface area contributed by atoms with Crippen LogP contribution >= 0.6 is 0 Å². The predicted octanol–water partition coefficient (Wildman–Crippen LogP) is 1.57. The van der Waals surface area contributed by atoms with Crippen LogP contribution in [-0.2, 0) is 4.79 Å². The summed E-state index contributed by atoms with van der Waals surface area (Å²) in [4.78, 5) is 20.2. The molecule has 0 atom stereocenters. The largest absolute Gasteiger partial charge is 0.322 e. The first-order valence-corrected chi connectivity index (χ1v) is 6.15. The van der Waals surface area contributed by atoms with Gasteiger partial charge in [0, 0.05) is 5.56 Å². The lowest BCUT2D eigenvalue weighted by molar-refractivity contribution is -0.118. The Bertz CT molecular complexity index is 591. The fourth-order valence-electron chi connectivity index (χ4n) is 1.75. The van der Waals surface area contributed by atoms with Gasteiger partial charge in [0.15, 0.2) is 5.82 Å². The van der Waals surface area contributed by atoms with E-state index in [1.54, 1.807) is 12.4 Å². The molecule has 1 aromatic heterocycles. The third-order valence-corrected chi connectivity index (χ3v) is 3.18. The van der Waals surface area contributed by atoms with Crippen molar-refractivity contribution in [2.75, 3.05) is 5.32 Å². The molecule has 0 unspecified atom stereocenters. The first-order chi connectivity index (χ1) is 9.17. The molecule has 5 nitrogen and oxygen atoms in total. The maximum atomic E-state index is 11.8. The Morgan fingerprint density at radius 2 is 1.79 bits per heavy atom. The number of hydrogen-bond donors (Lipinski definition) is 2. The van der Waals surface area contributed by atoms with E-state index in [0.29, 0.717) is 11.5 Å². The highest BCUT2D eigenvalue weighted by Gasteiger charge is 2.45. The molecule has 96 valence electrons. The Labute approximate surface area is 110 Å². The van der Waals surface area contributed by atoms with Gasteiger partial charge < -0.3 is 11.1 Å². The summed E-state index contributed by atoms with van der Waals surface area (Å²) in [5.41, 5.74) is 6.64. The van der Waals surface area contributed by atoms with Gasteiger partial charge in [-0.05, 0) is 12.8 Å². The van der Waals surface area contributed by atoms with Crippen LogP contribution in [0.1, 0.15) is 12.8 Å². The standard InChI is InChI=1S/C14H14N4O/c15-14(6-7-14)13(19)18-11-8-16-12(17-9-11)10-4-2-1-3-5-10/h1-5,8-9H,6-7,15H2,(H,18,19). The number of anilines is 1. The molecular formula is C14H14N4O. The van der Waals surface area contributed by atoms with Crippen molar-refractivity contribution in [2.45, 2.75) is 18.4 Å². The van der Waals surface area contributed by atoms with Gasteiger partial charge in [-0.2, -0.15) is 0 Å². The molecule has 0 radical (unpaired) electrons. The van der Waals surface area contributed by atoms with E-state index >= 15 is 0 Å². The van der Waals surface area contributed by atoms with Gasteiger partial charge in [-0.25, -0.2) is 9.97 Å². The lowest BCUT2D eigenvalue weighted by Gasteiger charge is -2.09. The summed E-state index contributed by atoms with van der Waals surface area (Å²) in [7, 11) is 0. The second kappa shape index (κ2) is 4.44. The van der Waals surface area contributed by atoms with Crippen molar-refractivity contribution >= 4 is 11.6 Å². The van der Waals surface area contributed by atoms with Crippen LogP contribution in [0.2, 0.25) is 0 Å². The zero-order valence-electron chi connectivity index (χ0n) is 10.3. The zero-order chi connectivity index (χ0) is 13.3. The van der Waals surface area contributed by atoms with Crippen LogP contribution in [0.4, 0.5) is 5.69 Å². The number of carbonyl (C=O) groups is 1. The molecule has 1 aliphatic rings. The van der Waals surface area contributed by atoms with Gasteiger partial charge >= 0.3 is 0 Å². The predicted molar refractivity (Wildman–Crippen MR) is 72.3 cm³/mol. The van der Waals surface area contributed by atoms with E-state index in [9.17, 15) is 4.79 Å². The SMILES string of the molecule is NC1(C(=O)Nc2cnc(-c3ccccc3)nc2)CC1. The Kier molecular flexibility index (Phi) is 2.76. The average molecular weight is 254 g/mol. The summed E-state index contributed by atoms with van der Waals surface area (Å²) in [5, 5.41) is 2.73. The summed E-state index contributed by atoms with van der Waals surface area (Å²) in [6.07, 6.45) is 4.67. The molecule has 0 spiro atoms. The van der Waals surface area contributed by atoms with Gasteiger partial charge in [0.1, 0.15) is 0 Å². The number of amides is 1. The second-order valence-corrected chi connectivity index (χ2v) is 4.77. The van der Waals surface area contributed by atoms with Crippen molar-refractivity contribution in [3.05, 3.63) is 42.7 Å². The normalized spacial score (nSPS) is 15.8. The number of benzene rings is 1. The molecule has 0 aliphatic heterocycles. The van der Waals surface area contributed by atoms with Crippen molar-refractivity contribution in [3.63, 3.8) is 0 Å². The van der Waals surface area contributed by atoms with Gasteiger partial charge in [-0.3, -0.25) is 4.79 Å². The average Bonchev–Trinajstić information content (AvgIpc) is 3.20. The number of carbonyl (C=O) groups excluding carboxylic acids is 1. The van der Waals surface area contributed by atoms with Crippen LogP contribution in [0, 0.1) is 0 Å². The molecule has 3 N–H and O–H groups in total. The molecule has 1 aliphatic carbocycles. The second-order valence-electron chi connectivity index (χ2n) is 4.77. The van der Waals surface area contributed by atoms with Crippen LogP contribution in [0.25, 0.3) is 11.4 Å². The molecule has 5 heteroatoms. The highest BCUT2D eigenvalue weighted by atomic mass is 16.2. The zero-order valence-corrected chi connectivity index (χ0v) is 10.3. The molecule has 1 aromatic carbocycles. The van der Waals surface area contributed by atoms with E-state index in [4.69, 9.17) is 5.73 Å². The number of rotatable bonds is 3. The Balaban J connectivity index is 1.74. The third kappa shape index (κ3) is 2.46. The minimum absolute atomic E-state index is 0.163. The first-order valence-electron chi connectivity index (χ1n) is 6.15. The van der Waals surface area contributed by atoms with Crippen LogP contribution in [0.5, 0.6) is 0 Å².